The molecule has 0 saturated heterocycles. The molecule has 0 atom stereocenters. The first-order valence-electron chi connectivity index (χ1n) is 8.93. The highest BCUT2D eigenvalue weighted by Crippen LogP contribution is 2.32. The first-order valence-corrected chi connectivity index (χ1v) is 9.74. The Morgan fingerprint density at radius 1 is 1.11 bits per heavy atom. The molecule has 1 saturated carbocycles. The van der Waals surface area contributed by atoms with Gasteiger partial charge in [0.15, 0.2) is 6.61 Å². The molecule has 2 rings (SSSR count). The minimum atomic E-state index is -0.719. The molecule has 27 heavy (non-hydrogen) atoms. The number of amides is 4. The Bertz CT molecular complexity index is 738. The van der Waals surface area contributed by atoms with Crippen LogP contribution in [0.5, 0.6) is 0 Å². The molecule has 0 bridgehead atoms. The smallest absolute Gasteiger partial charge is 0.341 e. The van der Waals surface area contributed by atoms with Gasteiger partial charge in [0.2, 0.25) is 5.91 Å². The van der Waals surface area contributed by atoms with Crippen LogP contribution >= 0.6 is 11.3 Å². The normalized spacial score (nSPS) is 14.3. The highest BCUT2D eigenvalue weighted by molar-refractivity contribution is 7.16. The number of ether oxygens (including phenoxy) is 1. The van der Waals surface area contributed by atoms with Crippen molar-refractivity contribution < 1.29 is 23.9 Å². The fourth-order valence-corrected chi connectivity index (χ4v) is 4.05. The summed E-state index contributed by atoms with van der Waals surface area (Å²) in [6.07, 6.45) is 5.09. The van der Waals surface area contributed by atoms with Crippen LogP contribution in [0.4, 0.5) is 9.80 Å². The summed E-state index contributed by atoms with van der Waals surface area (Å²) in [5, 5.41) is 7.90. The second-order valence-electron chi connectivity index (χ2n) is 6.60. The van der Waals surface area contributed by atoms with E-state index in [0.29, 0.717) is 10.6 Å². The summed E-state index contributed by atoms with van der Waals surface area (Å²) >= 11 is 1.26. The highest BCUT2D eigenvalue weighted by atomic mass is 32.1. The number of anilines is 1. The summed E-state index contributed by atoms with van der Waals surface area (Å²) in [5.74, 6) is -1.73. The fraction of sp³-hybridized carbons (Fsp3) is 0.556. The molecule has 1 heterocycles. The number of rotatable bonds is 5. The first-order chi connectivity index (χ1) is 12.8. The predicted molar refractivity (Wildman–Crippen MR) is 102 cm³/mol. The number of imide groups is 1. The van der Waals surface area contributed by atoms with E-state index in [1.807, 2.05) is 6.92 Å². The van der Waals surface area contributed by atoms with E-state index in [2.05, 4.69) is 16.0 Å². The van der Waals surface area contributed by atoms with Crippen molar-refractivity contribution in [2.24, 2.45) is 0 Å². The first kappa shape index (κ1) is 20.9. The van der Waals surface area contributed by atoms with Crippen molar-refractivity contribution in [1.82, 2.24) is 10.6 Å². The molecule has 1 aliphatic carbocycles. The van der Waals surface area contributed by atoms with Gasteiger partial charge in [-0.2, -0.15) is 0 Å². The standard InChI is InChI=1S/C18H25N3O5S/c1-10-11(2)27-16(19-12(3)22)15(10)17(24)26-9-14(23)21-18(25)20-13-7-5-4-6-8-13/h13H,4-9H2,1-3H3,(H,19,22)(H2,20,21,23,25). The van der Waals surface area contributed by atoms with Gasteiger partial charge in [0.1, 0.15) is 5.00 Å². The van der Waals surface area contributed by atoms with Crippen LogP contribution in [-0.2, 0) is 14.3 Å². The molecule has 4 amide bonds. The number of urea groups is 1. The molecule has 0 unspecified atom stereocenters. The van der Waals surface area contributed by atoms with Crippen LogP contribution < -0.4 is 16.0 Å². The van der Waals surface area contributed by atoms with Crippen molar-refractivity contribution in [3.63, 3.8) is 0 Å². The van der Waals surface area contributed by atoms with E-state index in [9.17, 15) is 19.2 Å². The maximum Gasteiger partial charge on any atom is 0.341 e. The van der Waals surface area contributed by atoms with Gasteiger partial charge in [-0.15, -0.1) is 11.3 Å². The Balaban J connectivity index is 1.86. The quantitative estimate of drug-likeness (QED) is 0.663. The minimum absolute atomic E-state index is 0.0748. The number of hydrogen-bond acceptors (Lipinski definition) is 6. The zero-order chi connectivity index (χ0) is 20.0. The lowest BCUT2D eigenvalue weighted by Crippen LogP contribution is -2.46. The lowest BCUT2D eigenvalue weighted by Gasteiger charge is -2.22. The van der Waals surface area contributed by atoms with Crippen LogP contribution in [0.15, 0.2) is 0 Å². The fourth-order valence-electron chi connectivity index (χ4n) is 2.96. The number of aryl methyl sites for hydroxylation is 1. The molecule has 1 aromatic heterocycles. The SMILES string of the molecule is CC(=O)Nc1sc(C)c(C)c1C(=O)OCC(=O)NC(=O)NC1CCCCC1. The van der Waals surface area contributed by atoms with E-state index < -0.39 is 24.5 Å². The van der Waals surface area contributed by atoms with Crippen LogP contribution in [0.3, 0.4) is 0 Å². The summed E-state index contributed by atoms with van der Waals surface area (Å²) in [5.41, 5.74) is 0.913. The molecule has 1 aliphatic rings. The van der Waals surface area contributed by atoms with E-state index in [1.54, 1.807) is 6.92 Å². The van der Waals surface area contributed by atoms with Crippen molar-refractivity contribution in [2.45, 2.75) is 58.9 Å². The third kappa shape index (κ3) is 6.06. The van der Waals surface area contributed by atoms with Gasteiger partial charge in [-0.3, -0.25) is 14.9 Å². The molecule has 1 aromatic rings. The summed E-state index contributed by atoms with van der Waals surface area (Å²) in [6, 6.07) is -0.504. The van der Waals surface area contributed by atoms with Crippen molar-refractivity contribution >= 4 is 40.2 Å². The second-order valence-corrected chi connectivity index (χ2v) is 7.83. The van der Waals surface area contributed by atoms with Crippen LogP contribution in [0.2, 0.25) is 0 Å². The lowest BCUT2D eigenvalue weighted by atomic mass is 9.96. The van der Waals surface area contributed by atoms with Crippen molar-refractivity contribution in [2.75, 3.05) is 11.9 Å². The van der Waals surface area contributed by atoms with Gasteiger partial charge >= 0.3 is 12.0 Å². The van der Waals surface area contributed by atoms with E-state index in [-0.39, 0.29) is 17.5 Å². The number of thiophene rings is 1. The molecular weight excluding hydrogens is 370 g/mol. The molecule has 148 valence electrons. The maximum absolute atomic E-state index is 12.3. The van der Waals surface area contributed by atoms with Gasteiger partial charge in [-0.05, 0) is 32.3 Å². The monoisotopic (exact) mass is 395 g/mol. The van der Waals surface area contributed by atoms with Gasteiger partial charge in [0.05, 0.1) is 5.56 Å². The Labute approximate surface area is 162 Å². The molecule has 8 nitrogen and oxygen atoms in total. The molecule has 9 heteroatoms. The zero-order valence-corrected chi connectivity index (χ0v) is 16.6. The summed E-state index contributed by atoms with van der Waals surface area (Å²) in [4.78, 5) is 48.2. The summed E-state index contributed by atoms with van der Waals surface area (Å²) in [6.45, 7) is 4.33. The summed E-state index contributed by atoms with van der Waals surface area (Å²) in [7, 11) is 0. The van der Waals surface area contributed by atoms with E-state index in [4.69, 9.17) is 4.74 Å². The molecule has 3 N–H and O–H groups in total. The van der Waals surface area contributed by atoms with Gasteiger partial charge in [0, 0.05) is 17.8 Å². The van der Waals surface area contributed by atoms with Crippen LogP contribution in [-0.4, -0.2) is 36.5 Å². The average Bonchev–Trinajstić information content (AvgIpc) is 2.86. The van der Waals surface area contributed by atoms with E-state index >= 15 is 0 Å². The van der Waals surface area contributed by atoms with Crippen LogP contribution in [0.25, 0.3) is 0 Å². The second kappa shape index (κ2) is 9.50. The Hall–Kier alpha value is -2.42. The molecule has 1 fully saturated rings. The molecule has 0 radical (unpaired) electrons. The predicted octanol–water partition coefficient (Wildman–Crippen LogP) is 2.64. The zero-order valence-electron chi connectivity index (χ0n) is 15.8. The molecule has 0 spiro atoms. The molecule has 0 aromatic carbocycles. The van der Waals surface area contributed by atoms with Gasteiger partial charge in [-0.25, -0.2) is 9.59 Å². The Kier molecular flexibility index (Phi) is 7.35. The van der Waals surface area contributed by atoms with Crippen molar-refractivity contribution in [3.8, 4) is 0 Å². The maximum atomic E-state index is 12.3. The van der Waals surface area contributed by atoms with Crippen molar-refractivity contribution in [3.05, 3.63) is 16.0 Å². The van der Waals surface area contributed by atoms with Crippen LogP contribution in [0, 0.1) is 13.8 Å². The van der Waals surface area contributed by atoms with E-state index in [1.165, 1.54) is 18.3 Å². The van der Waals surface area contributed by atoms with Gasteiger partial charge in [0.25, 0.3) is 5.91 Å². The lowest BCUT2D eigenvalue weighted by molar-refractivity contribution is -0.123. The van der Waals surface area contributed by atoms with Crippen LogP contribution in [0.1, 0.15) is 59.8 Å². The Morgan fingerprint density at radius 2 is 1.78 bits per heavy atom. The topological polar surface area (TPSA) is 114 Å². The van der Waals surface area contributed by atoms with Crippen molar-refractivity contribution in [1.29, 1.82) is 0 Å². The molecular formula is C18H25N3O5S. The number of carbonyl (C=O) groups is 4. The average molecular weight is 395 g/mol. The van der Waals surface area contributed by atoms with Gasteiger partial charge in [-0.1, -0.05) is 19.3 Å². The third-order valence-corrected chi connectivity index (χ3v) is 5.53. The minimum Gasteiger partial charge on any atom is -0.452 e. The number of esters is 1. The number of carbonyl (C=O) groups excluding carboxylic acids is 4. The van der Waals surface area contributed by atoms with E-state index in [0.717, 1.165) is 37.0 Å². The summed E-state index contributed by atoms with van der Waals surface area (Å²) < 4.78 is 5.02. The Morgan fingerprint density at radius 3 is 2.41 bits per heavy atom. The molecule has 0 aliphatic heterocycles. The highest BCUT2D eigenvalue weighted by Gasteiger charge is 2.23. The largest absolute Gasteiger partial charge is 0.452 e. The number of nitrogens with one attached hydrogen (secondary N) is 3. The van der Waals surface area contributed by atoms with Gasteiger partial charge < -0.3 is 15.4 Å². The third-order valence-electron chi connectivity index (χ3n) is 4.41. The number of hydrogen-bond donors (Lipinski definition) is 3.